The third kappa shape index (κ3) is 3.45. The van der Waals surface area contributed by atoms with Gasteiger partial charge in [0, 0.05) is 61.8 Å². The van der Waals surface area contributed by atoms with E-state index in [1.54, 1.807) is 29.5 Å². The average Bonchev–Trinajstić information content (AvgIpc) is 3.47. The van der Waals surface area contributed by atoms with Gasteiger partial charge in [0.2, 0.25) is 0 Å². The Morgan fingerprint density at radius 1 is 0.912 bits per heavy atom. The number of hydrogen-bond acceptors (Lipinski definition) is 6. The molecule has 0 bridgehead atoms. The molecule has 166 valence electrons. The van der Waals surface area contributed by atoms with Gasteiger partial charge >= 0.3 is 0 Å². The first-order chi connectivity index (χ1) is 16.7. The molecule has 0 saturated heterocycles. The van der Waals surface area contributed by atoms with E-state index in [0.717, 1.165) is 39.2 Å². The molecule has 0 atom stereocenters. The highest BCUT2D eigenvalue weighted by molar-refractivity contribution is 5.97. The molecule has 0 aliphatic carbocycles. The molecular weight excluding hydrogens is 424 g/mol. The number of anilines is 2. The monoisotopic (exact) mass is 446 g/mol. The first-order valence-corrected chi connectivity index (χ1v) is 11.0. The Balaban J connectivity index is 1.57. The highest BCUT2D eigenvalue weighted by Crippen LogP contribution is 2.36. The molecule has 34 heavy (non-hydrogen) atoms. The van der Waals surface area contributed by atoms with Crippen LogP contribution in [0.2, 0.25) is 0 Å². The van der Waals surface area contributed by atoms with Gasteiger partial charge in [0.25, 0.3) is 0 Å². The molecule has 0 amide bonds. The van der Waals surface area contributed by atoms with Crippen LogP contribution >= 0.6 is 0 Å². The van der Waals surface area contributed by atoms with E-state index in [2.05, 4.69) is 90.4 Å². The number of benzene rings is 2. The van der Waals surface area contributed by atoms with Crippen molar-refractivity contribution in [1.82, 2.24) is 34.5 Å². The molecule has 0 aliphatic rings. The summed E-state index contributed by atoms with van der Waals surface area (Å²) in [6.45, 7) is 0.608. The van der Waals surface area contributed by atoms with E-state index in [1.165, 1.54) is 10.9 Å². The van der Waals surface area contributed by atoms with Crippen LogP contribution in [0.5, 0.6) is 0 Å². The van der Waals surface area contributed by atoms with E-state index in [-0.39, 0.29) is 0 Å². The number of nitrogens with zero attached hydrogens (tertiary/aromatic N) is 8. The van der Waals surface area contributed by atoms with Gasteiger partial charge in [-0.25, -0.2) is 4.68 Å². The molecule has 0 saturated carbocycles. The fraction of sp³-hybridized carbons (Fsp3) is 0.115. The minimum Gasteiger partial charge on any atom is -0.351 e. The minimum atomic E-state index is 0.608. The summed E-state index contributed by atoms with van der Waals surface area (Å²) in [7, 11) is 3.95. The number of fused-ring (bicyclic) bond motifs is 2. The molecule has 2 aromatic carbocycles. The van der Waals surface area contributed by atoms with Crippen LogP contribution in [0.1, 0.15) is 5.56 Å². The van der Waals surface area contributed by atoms with Crippen LogP contribution in [0.15, 0.2) is 85.7 Å². The summed E-state index contributed by atoms with van der Waals surface area (Å²) in [6.07, 6.45) is 11.0. The van der Waals surface area contributed by atoms with Crippen LogP contribution in [-0.4, -0.2) is 34.5 Å². The number of hydrogen-bond donors (Lipinski definition) is 0. The third-order valence-corrected chi connectivity index (χ3v) is 6.10. The number of aryl methyl sites for hydroxylation is 2. The van der Waals surface area contributed by atoms with Crippen LogP contribution in [0.25, 0.3) is 33.1 Å². The summed E-state index contributed by atoms with van der Waals surface area (Å²) in [5.41, 5.74) is 7.03. The molecule has 0 radical (unpaired) electrons. The maximum absolute atomic E-state index is 4.68. The van der Waals surface area contributed by atoms with E-state index >= 15 is 0 Å². The van der Waals surface area contributed by atoms with Crippen molar-refractivity contribution in [2.75, 3.05) is 4.90 Å². The normalized spacial score (nSPS) is 11.4. The molecule has 0 aliphatic heterocycles. The van der Waals surface area contributed by atoms with Gasteiger partial charge in [-0.1, -0.05) is 23.4 Å². The lowest BCUT2D eigenvalue weighted by Gasteiger charge is -2.25. The molecule has 6 aromatic rings. The Kier molecular flexibility index (Phi) is 4.76. The van der Waals surface area contributed by atoms with Gasteiger partial charge < -0.3 is 9.47 Å². The summed E-state index contributed by atoms with van der Waals surface area (Å²) >= 11 is 0. The van der Waals surface area contributed by atoms with Gasteiger partial charge in [0.1, 0.15) is 0 Å². The van der Waals surface area contributed by atoms with Crippen molar-refractivity contribution in [1.29, 1.82) is 0 Å². The quantitative estimate of drug-likeness (QED) is 0.384. The van der Waals surface area contributed by atoms with Crippen molar-refractivity contribution >= 4 is 33.4 Å². The van der Waals surface area contributed by atoms with Gasteiger partial charge in [-0.2, -0.15) is 0 Å². The molecule has 8 nitrogen and oxygen atoms in total. The Hall–Kier alpha value is -4.59. The highest BCUT2D eigenvalue weighted by atomic mass is 15.5. The number of pyridine rings is 1. The van der Waals surface area contributed by atoms with Gasteiger partial charge in [0.15, 0.2) is 5.82 Å². The molecule has 0 fully saturated rings. The molecule has 4 heterocycles. The Morgan fingerprint density at radius 2 is 1.82 bits per heavy atom. The number of aromatic nitrogens is 7. The summed E-state index contributed by atoms with van der Waals surface area (Å²) in [4.78, 5) is 15.8. The van der Waals surface area contributed by atoms with Crippen molar-refractivity contribution in [3.8, 4) is 11.1 Å². The molecule has 6 rings (SSSR count). The zero-order valence-corrected chi connectivity index (χ0v) is 18.9. The SMILES string of the molecule is Cn1nncc1N(Cc1cccnc1)c1cc(-c2ccc3ccn(C)c3c2)c2nccnc2c1. The smallest absolute Gasteiger partial charge is 0.151 e. The van der Waals surface area contributed by atoms with Crippen LogP contribution in [0.3, 0.4) is 0 Å². The maximum atomic E-state index is 4.68. The van der Waals surface area contributed by atoms with E-state index < -0.39 is 0 Å². The van der Waals surface area contributed by atoms with Crippen molar-refractivity contribution in [3.63, 3.8) is 0 Å². The van der Waals surface area contributed by atoms with Crippen LogP contribution < -0.4 is 4.90 Å². The van der Waals surface area contributed by atoms with E-state index in [1.807, 2.05) is 19.3 Å². The lowest BCUT2D eigenvalue weighted by molar-refractivity contribution is 0.703. The van der Waals surface area contributed by atoms with Crippen LogP contribution in [0.4, 0.5) is 11.5 Å². The molecule has 8 heteroatoms. The molecular formula is C26H22N8. The van der Waals surface area contributed by atoms with Crippen molar-refractivity contribution in [3.05, 3.63) is 91.3 Å². The largest absolute Gasteiger partial charge is 0.351 e. The Bertz CT molecular complexity index is 1620. The lowest BCUT2D eigenvalue weighted by Crippen LogP contribution is -2.19. The van der Waals surface area contributed by atoms with Crippen LogP contribution in [0, 0.1) is 0 Å². The van der Waals surface area contributed by atoms with E-state index in [0.29, 0.717) is 6.54 Å². The lowest BCUT2D eigenvalue weighted by atomic mass is 10.0. The third-order valence-electron chi connectivity index (χ3n) is 6.10. The summed E-state index contributed by atoms with van der Waals surface area (Å²) in [6, 6.07) is 16.9. The van der Waals surface area contributed by atoms with Gasteiger partial charge in [-0.05, 0) is 46.8 Å². The van der Waals surface area contributed by atoms with Crippen molar-refractivity contribution in [2.24, 2.45) is 14.1 Å². The fourth-order valence-corrected chi connectivity index (χ4v) is 4.37. The number of rotatable bonds is 5. The Labute approximate surface area is 196 Å². The van der Waals surface area contributed by atoms with E-state index in [9.17, 15) is 0 Å². The molecule has 0 spiro atoms. The van der Waals surface area contributed by atoms with Crippen molar-refractivity contribution in [2.45, 2.75) is 6.54 Å². The maximum Gasteiger partial charge on any atom is 0.151 e. The average molecular weight is 447 g/mol. The second-order valence-corrected chi connectivity index (χ2v) is 8.28. The van der Waals surface area contributed by atoms with E-state index in [4.69, 9.17) is 0 Å². The second-order valence-electron chi connectivity index (χ2n) is 8.28. The standard InChI is InChI=1S/C26H22N8/c1-32-11-7-19-5-6-20(12-24(19)32)22-13-21(14-23-26(22)29-10-9-28-23)34(25-16-30-31-33(25)2)17-18-4-3-8-27-15-18/h3-16H,17H2,1-2H3. The first-order valence-electron chi connectivity index (χ1n) is 11.0. The topological polar surface area (TPSA) is 77.5 Å². The molecule has 0 N–H and O–H groups in total. The second kappa shape index (κ2) is 8.08. The minimum absolute atomic E-state index is 0.608. The summed E-state index contributed by atoms with van der Waals surface area (Å²) in [5, 5.41) is 9.49. The molecule has 4 aromatic heterocycles. The Morgan fingerprint density at radius 3 is 2.65 bits per heavy atom. The predicted octanol–water partition coefficient (Wildman–Crippen LogP) is 4.65. The molecule has 0 unspecified atom stereocenters. The highest BCUT2D eigenvalue weighted by Gasteiger charge is 2.18. The zero-order valence-electron chi connectivity index (χ0n) is 18.9. The van der Waals surface area contributed by atoms with Gasteiger partial charge in [0.05, 0.1) is 23.8 Å². The van der Waals surface area contributed by atoms with Crippen molar-refractivity contribution < 1.29 is 0 Å². The first kappa shape index (κ1) is 20.0. The summed E-state index contributed by atoms with van der Waals surface area (Å²) in [5.74, 6) is 0.871. The van der Waals surface area contributed by atoms with Gasteiger partial charge in [-0.15, -0.1) is 5.10 Å². The van der Waals surface area contributed by atoms with Gasteiger partial charge in [-0.3, -0.25) is 15.0 Å². The van der Waals surface area contributed by atoms with Crippen LogP contribution in [-0.2, 0) is 20.6 Å². The summed E-state index contributed by atoms with van der Waals surface area (Å²) < 4.78 is 3.90. The predicted molar refractivity (Wildman–Crippen MR) is 133 cm³/mol. The zero-order chi connectivity index (χ0) is 23.1. The fourth-order valence-electron chi connectivity index (χ4n) is 4.37.